The van der Waals surface area contributed by atoms with Crippen LogP contribution in [0.5, 0.6) is 0 Å². The minimum atomic E-state index is -0.748. The van der Waals surface area contributed by atoms with E-state index in [4.69, 9.17) is 11.6 Å². The van der Waals surface area contributed by atoms with Gasteiger partial charge < -0.3 is 20.3 Å². The number of nitrogens with zero attached hydrogens (tertiary/aromatic N) is 6. The lowest BCUT2D eigenvalue weighted by Crippen LogP contribution is -2.53. The van der Waals surface area contributed by atoms with Crippen LogP contribution in [0.25, 0.3) is 22.8 Å². The van der Waals surface area contributed by atoms with Crippen LogP contribution in [0.15, 0.2) is 79.1 Å². The van der Waals surface area contributed by atoms with E-state index in [0.29, 0.717) is 45.4 Å². The molecule has 12 heteroatoms. The van der Waals surface area contributed by atoms with Gasteiger partial charge in [0.05, 0.1) is 16.7 Å². The van der Waals surface area contributed by atoms with Crippen molar-refractivity contribution >= 4 is 46.2 Å². The van der Waals surface area contributed by atoms with Gasteiger partial charge in [0.2, 0.25) is 11.8 Å². The number of aromatic amines is 1. The predicted molar refractivity (Wildman–Crippen MR) is 158 cm³/mol. The van der Waals surface area contributed by atoms with Gasteiger partial charge in [0.25, 0.3) is 0 Å². The van der Waals surface area contributed by atoms with Gasteiger partial charge in [0, 0.05) is 34.8 Å². The molecule has 5 aromatic rings. The van der Waals surface area contributed by atoms with Crippen molar-refractivity contribution in [2.24, 2.45) is 0 Å². The van der Waals surface area contributed by atoms with Gasteiger partial charge in [-0.1, -0.05) is 41.9 Å². The van der Waals surface area contributed by atoms with Crippen LogP contribution in [0.4, 0.5) is 5.69 Å². The van der Waals surface area contributed by atoms with Crippen LogP contribution in [0, 0.1) is 0 Å². The number of carbonyl (C=O) groups excluding carboxylic acids is 2. The summed E-state index contributed by atoms with van der Waals surface area (Å²) in [7, 11) is 0. The Bertz CT molecular complexity index is 1750. The molecule has 1 fully saturated rings. The summed E-state index contributed by atoms with van der Waals surface area (Å²) in [6, 6.07) is 19.6. The Balaban J connectivity index is 1.31. The molecule has 42 heavy (non-hydrogen) atoms. The predicted octanol–water partition coefficient (Wildman–Crippen LogP) is 4.11. The van der Waals surface area contributed by atoms with Crippen molar-refractivity contribution in [3.8, 4) is 5.69 Å². The number of carbonyl (C=O) groups is 2. The first-order valence-electron chi connectivity index (χ1n) is 13.5. The number of aromatic nitrogens is 6. The van der Waals surface area contributed by atoms with Gasteiger partial charge in [0.1, 0.15) is 24.8 Å². The average Bonchev–Trinajstić information content (AvgIpc) is 3.70. The SMILES string of the molecule is O=C(Nc1ccc2nc(CO)[nH]c2c1)C1C(c2ccccc2)CCCN1C(=O)C=Cc1cc(Cl)ccc1-n1cnnn1. The molecule has 6 rings (SSSR count). The Kier molecular flexibility index (Phi) is 7.76. The number of tetrazole rings is 1. The third kappa shape index (κ3) is 5.65. The zero-order valence-corrected chi connectivity index (χ0v) is 23.1. The lowest BCUT2D eigenvalue weighted by molar-refractivity contribution is -0.137. The van der Waals surface area contributed by atoms with E-state index >= 15 is 0 Å². The number of hydrogen-bond acceptors (Lipinski definition) is 7. The van der Waals surface area contributed by atoms with Crippen molar-refractivity contribution in [2.45, 2.75) is 31.4 Å². The summed E-state index contributed by atoms with van der Waals surface area (Å²) in [5.74, 6) is -0.341. The molecule has 0 spiro atoms. The zero-order valence-electron chi connectivity index (χ0n) is 22.4. The number of halogens is 1. The molecule has 2 amide bonds. The van der Waals surface area contributed by atoms with Gasteiger partial charge >= 0.3 is 0 Å². The number of aliphatic hydroxyl groups is 1. The lowest BCUT2D eigenvalue weighted by Gasteiger charge is -2.40. The standard InChI is InChI=1S/C30H27ClN8O3/c31-21-9-12-26(39-18-32-36-37-39)20(15-21)8-13-28(41)38-14-4-7-23(19-5-2-1-3-6-19)29(38)30(42)33-22-10-11-24-25(16-22)35-27(17-40)34-24/h1-3,5-6,8-13,15-16,18,23,29,40H,4,7,14,17H2,(H,33,42)(H,34,35). The Morgan fingerprint density at radius 1 is 1.12 bits per heavy atom. The van der Waals surface area contributed by atoms with E-state index in [1.165, 1.54) is 17.1 Å². The molecule has 0 bridgehead atoms. The first-order valence-corrected chi connectivity index (χ1v) is 13.8. The number of aliphatic hydroxyl groups excluding tert-OH is 1. The Morgan fingerprint density at radius 3 is 2.76 bits per heavy atom. The Hall–Kier alpha value is -4.87. The van der Waals surface area contributed by atoms with Gasteiger partial charge in [-0.05, 0) is 71.3 Å². The molecule has 0 saturated carbocycles. The topological polar surface area (TPSA) is 142 Å². The van der Waals surface area contributed by atoms with Crippen molar-refractivity contribution in [1.29, 1.82) is 0 Å². The van der Waals surface area contributed by atoms with Gasteiger partial charge in [-0.25, -0.2) is 4.98 Å². The highest BCUT2D eigenvalue weighted by atomic mass is 35.5. The number of fused-ring (bicyclic) bond motifs is 1. The molecule has 11 nitrogen and oxygen atoms in total. The monoisotopic (exact) mass is 582 g/mol. The number of amides is 2. The molecule has 3 N–H and O–H groups in total. The number of imidazole rings is 1. The number of piperidine rings is 1. The molecule has 3 aromatic carbocycles. The number of nitrogens with one attached hydrogen (secondary N) is 2. The minimum absolute atomic E-state index is 0.197. The highest BCUT2D eigenvalue weighted by Gasteiger charge is 2.39. The molecule has 1 aliphatic rings. The quantitative estimate of drug-likeness (QED) is 0.245. The van der Waals surface area contributed by atoms with E-state index in [0.717, 1.165) is 18.4 Å². The van der Waals surface area contributed by atoms with Crippen LogP contribution < -0.4 is 5.32 Å². The van der Waals surface area contributed by atoms with E-state index < -0.39 is 6.04 Å². The molecule has 2 aromatic heterocycles. The van der Waals surface area contributed by atoms with Gasteiger partial charge in [-0.3, -0.25) is 9.59 Å². The second-order valence-corrected chi connectivity index (χ2v) is 10.4. The second-order valence-electron chi connectivity index (χ2n) is 9.99. The first-order chi connectivity index (χ1) is 20.5. The van der Waals surface area contributed by atoms with Gasteiger partial charge in [0.15, 0.2) is 0 Å². The van der Waals surface area contributed by atoms with Crippen LogP contribution in [0.2, 0.25) is 5.02 Å². The number of benzene rings is 3. The van der Waals surface area contributed by atoms with E-state index in [1.807, 2.05) is 30.3 Å². The van der Waals surface area contributed by atoms with Crippen LogP contribution in [0.3, 0.4) is 0 Å². The van der Waals surface area contributed by atoms with Crippen molar-refractivity contribution < 1.29 is 14.7 Å². The maximum atomic E-state index is 14.0. The largest absolute Gasteiger partial charge is 0.388 e. The number of H-pyrrole nitrogens is 1. The maximum Gasteiger partial charge on any atom is 0.247 e. The minimum Gasteiger partial charge on any atom is -0.388 e. The molecule has 2 unspecified atom stereocenters. The molecule has 0 aliphatic carbocycles. The molecule has 212 valence electrons. The van der Waals surface area contributed by atoms with E-state index in [9.17, 15) is 14.7 Å². The molecular formula is C30H27ClN8O3. The molecule has 3 heterocycles. The normalized spacial score (nSPS) is 17.1. The van der Waals surface area contributed by atoms with Gasteiger partial charge in [-0.15, -0.1) is 5.10 Å². The van der Waals surface area contributed by atoms with Crippen molar-refractivity contribution in [3.05, 3.63) is 101 Å². The molecule has 1 saturated heterocycles. The van der Waals surface area contributed by atoms with Crippen molar-refractivity contribution in [2.75, 3.05) is 11.9 Å². The highest BCUT2D eigenvalue weighted by molar-refractivity contribution is 6.30. The fourth-order valence-corrected chi connectivity index (χ4v) is 5.62. The summed E-state index contributed by atoms with van der Waals surface area (Å²) in [5, 5.41) is 24.3. The summed E-state index contributed by atoms with van der Waals surface area (Å²) < 4.78 is 1.49. The number of anilines is 1. The molecule has 0 radical (unpaired) electrons. The fourth-order valence-electron chi connectivity index (χ4n) is 5.44. The smallest absolute Gasteiger partial charge is 0.247 e. The van der Waals surface area contributed by atoms with Gasteiger partial charge in [-0.2, -0.15) is 4.68 Å². The molecular weight excluding hydrogens is 556 g/mol. The number of hydrogen-bond donors (Lipinski definition) is 3. The van der Waals surface area contributed by atoms with Crippen molar-refractivity contribution in [3.63, 3.8) is 0 Å². The summed E-state index contributed by atoms with van der Waals surface area (Å²) in [5.41, 5.74) is 4.23. The lowest BCUT2D eigenvalue weighted by atomic mass is 9.82. The van der Waals surface area contributed by atoms with Crippen molar-refractivity contribution in [1.82, 2.24) is 35.1 Å². The Morgan fingerprint density at radius 2 is 1.98 bits per heavy atom. The third-order valence-electron chi connectivity index (χ3n) is 7.35. The molecule has 2 atom stereocenters. The summed E-state index contributed by atoms with van der Waals surface area (Å²) in [6.45, 7) is 0.216. The second kappa shape index (κ2) is 11.9. The van der Waals surface area contributed by atoms with Crippen LogP contribution in [-0.4, -0.2) is 64.6 Å². The number of likely N-dealkylation sites (tertiary alicyclic amines) is 1. The van der Waals surface area contributed by atoms with Crippen LogP contribution in [0.1, 0.15) is 35.7 Å². The average molecular weight is 583 g/mol. The van der Waals surface area contributed by atoms with Crippen LogP contribution >= 0.6 is 11.6 Å². The first kappa shape index (κ1) is 27.3. The van der Waals surface area contributed by atoms with E-state index in [2.05, 4.69) is 30.8 Å². The summed E-state index contributed by atoms with van der Waals surface area (Å²) in [6.07, 6.45) is 6.09. The summed E-state index contributed by atoms with van der Waals surface area (Å²) >= 11 is 6.26. The van der Waals surface area contributed by atoms with E-state index in [1.54, 1.807) is 47.4 Å². The zero-order chi connectivity index (χ0) is 29.1. The molecule has 1 aliphatic heterocycles. The third-order valence-corrected chi connectivity index (χ3v) is 7.58. The number of rotatable bonds is 7. The fraction of sp³-hybridized carbons (Fsp3) is 0.200. The Labute approximate surface area is 245 Å². The highest BCUT2D eigenvalue weighted by Crippen LogP contribution is 2.34. The maximum absolute atomic E-state index is 14.0. The summed E-state index contributed by atoms with van der Waals surface area (Å²) in [4.78, 5) is 36.7. The van der Waals surface area contributed by atoms with Crippen LogP contribution in [-0.2, 0) is 16.2 Å². The van der Waals surface area contributed by atoms with E-state index in [-0.39, 0.29) is 24.3 Å².